The average molecular weight is 1070 g/mol. The maximum atomic E-state index is 6.65. The fourth-order valence-corrected chi connectivity index (χ4v) is 14.3. The van der Waals surface area contributed by atoms with Gasteiger partial charge in [-0.3, -0.25) is 0 Å². The molecule has 0 unspecified atom stereocenters. The largest absolute Gasteiger partial charge is 0.456 e. The Morgan fingerprint density at radius 1 is 0.155 bits per heavy atom. The van der Waals surface area contributed by atoms with Crippen molar-refractivity contribution in [2.24, 2.45) is 0 Å². The van der Waals surface area contributed by atoms with Crippen LogP contribution in [0, 0.1) is 0 Å². The van der Waals surface area contributed by atoms with Gasteiger partial charge in [0.05, 0.1) is 0 Å². The lowest BCUT2D eigenvalue weighted by molar-refractivity contribution is 0.668. The second kappa shape index (κ2) is 18.2. The molecule has 2 heterocycles. The van der Waals surface area contributed by atoms with Crippen molar-refractivity contribution in [1.82, 2.24) is 0 Å². The van der Waals surface area contributed by atoms with E-state index < -0.39 is 0 Å². The van der Waals surface area contributed by atoms with Gasteiger partial charge in [0.25, 0.3) is 0 Å². The Morgan fingerprint density at radius 3 is 1.11 bits per heavy atom. The first-order chi connectivity index (χ1) is 41.6. The zero-order valence-electron chi connectivity index (χ0n) is 45.5. The van der Waals surface area contributed by atoms with Crippen molar-refractivity contribution < 1.29 is 8.83 Å². The van der Waals surface area contributed by atoms with Crippen LogP contribution in [0.5, 0.6) is 0 Å². The molecule has 0 fully saturated rings. The van der Waals surface area contributed by atoms with E-state index in [9.17, 15) is 0 Å². The summed E-state index contributed by atoms with van der Waals surface area (Å²) in [5.74, 6) is 0. The van der Waals surface area contributed by atoms with Crippen LogP contribution < -0.4 is 0 Å². The number of benzene rings is 16. The lowest BCUT2D eigenvalue weighted by atomic mass is 9.82. The van der Waals surface area contributed by atoms with Gasteiger partial charge in [-0.15, -0.1) is 0 Å². The summed E-state index contributed by atoms with van der Waals surface area (Å²) in [4.78, 5) is 0. The van der Waals surface area contributed by atoms with E-state index in [0.717, 1.165) is 66.1 Å². The minimum Gasteiger partial charge on any atom is -0.456 e. The predicted molar refractivity (Wildman–Crippen MR) is 356 cm³/mol. The van der Waals surface area contributed by atoms with Crippen LogP contribution in [0.1, 0.15) is 0 Å². The molecule has 18 aromatic rings. The highest BCUT2D eigenvalue weighted by Gasteiger charge is 2.23. The quantitative estimate of drug-likeness (QED) is 0.123. The van der Waals surface area contributed by atoms with Crippen LogP contribution in [0.3, 0.4) is 0 Å². The van der Waals surface area contributed by atoms with Gasteiger partial charge in [-0.05, 0) is 197 Å². The van der Waals surface area contributed by atoms with E-state index in [2.05, 4.69) is 279 Å². The van der Waals surface area contributed by atoms with Crippen LogP contribution in [0.2, 0.25) is 0 Å². The van der Waals surface area contributed by atoms with Crippen molar-refractivity contribution in [3.63, 3.8) is 0 Å². The van der Waals surface area contributed by atoms with E-state index in [0.29, 0.717) is 0 Å². The van der Waals surface area contributed by atoms with Crippen LogP contribution in [0.25, 0.3) is 186 Å². The van der Waals surface area contributed by atoms with E-state index >= 15 is 0 Å². The molecule has 0 saturated carbocycles. The lowest BCUT2D eigenvalue weighted by Crippen LogP contribution is -1.94. The van der Waals surface area contributed by atoms with Crippen molar-refractivity contribution >= 4 is 119 Å². The first-order valence-corrected chi connectivity index (χ1v) is 29.0. The van der Waals surface area contributed by atoms with Gasteiger partial charge in [-0.2, -0.15) is 0 Å². The highest BCUT2D eigenvalue weighted by Crippen LogP contribution is 2.50. The normalized spacial score (nSPS) is 12.0. The van der Waals surface area contributed by atoms with Gasteiger partial charge in [0.15, 0.2) is 0 Å². The SMILES string of the molecule is c1ccc2c(-c3ccc(-c4c5ccccc5c(-c5ccc6c(c5)oc5ccccc56)c5cc(-c6ccc7c(-c8cc9ccccc9c9ccccc89)c8ccccc8c(-c8ccc9c(c8)oc8ccccc89)c7c6)ccc45)cc3)cccc2c1. The number of hydrogen-bond acceptors (Lipinski definition) is 2. The Kier molecular flexibility index (Phi) is 10.1. The molecule has 16 aromatic carbocycles. The van der Waals surface area contributed by atoms with Crippen LogP contribution in [-0.4, -0.2) is 0 Å². The average Bonchev–Trinajstić information content (AvgIpc) is 1.89. The molecule has 0 atom stereocenters. The molecule has 0 radical (unpaired) electrons. The summed E-state index contributed by atoms with van der Waals surface area (Å²) in [5.41, 5.74) is 17.6. The summed E-state index contributed by atoms with van der Waals surface area (Å²) in [7, 11) is 0. The molecule has 388 valence electrons. The summed E-state index contributed by atoms with van der Waals surface area (Å²) in [6.45, 7) is 0. The molecule has 0 saturated heterocycles. The number of rotatable bonds is 6. The number of furan rings is 2. The molecule has 2 aromatic heterocycles. The lowest BCUT2D eigenvalue weighted by Gasteiger charge is -2.21. The molecule has 84 heavy (non-hydrogen) atoms. The van der Waals surface area contributed by atoms with E-state index in [1.165, 1.54) is 120 Å². The van der Waals surface area contributed by atoms with Gasteiger partial charge in [-0.25, -0.2) is 0 Å². The Morgan fingerprint density at radius 2 is 0.524 bits per heavy atom. The standard InChI is InChI=1S/C82H48O2/c1-3-19-57-49(16-1)18-15-29-58(57)50-32-34-51(35-33-50)79-66-25-7-8-26-67(66)80(55-38-40-64-62-23-11-13-30-75(62)83-77(64)47-55)73-44-52(36-42-70(73)79)53-37-43-71-74(45-53)81(56-39-41-65-63-24-12-14-31-76(63)84-78(65)48-56)68-27-9-10-28-69(68)82(71)72-46-54-17-2-4-20-59(54)60-21-5-6-22-61(60)72/h1-48H. The minimum atomic E-state index is 0.875. The van der Waals surface area contributed by atoms with Crippen molar-refractivity contribution in [2.45, 2.75) is 0 Å². The van der Waals surface area contributed by atoms with Crippen LogP contribution in [-0.2, 0) is 0 Å². The second-order valence-electron chi connectivity index (χ2n) is 22.5. The van der Waals surface area contributed by atoms with Crippen molar-refractivity contribution in [3.8, 4) is 66.8 Å². The van der Waals surface area contributed by atoms with Gasteiger partial charge < -0.3 is 8.83 Å². The van der Waals surface area contributed by atoms with E-state index in [1.54, 1.807) is 0 Å². The van der Waals surface area contributed by atoms with Crippen molar-refractivity contribution in [2.75, 3.05) is 0 Å². The zero-order valence-corrected chi connectivity index (χ0v) is 45.5. The van der Waals surface area contributed by atoms with Gasteiger partial charge in [-0.1, -0.05) is 237 Å². The molecule has 2 nitrogen and oxygen atoms in total. The molecule has 0 aliphatic heterocycles. The molecule has 0 N–H and O–H groups in total. The summed E-state index contributed by atoms with van der Waals surface area (Å²) >= 11 is 0. The summed E-state index contributed by atoms with van der Waals surface area (Å²) < 4.78 is 13.3. The van der Waals surface area contributed by atoms with E-state index in [4.69, 9.17) is 8.83 Å². The van der Waals surface area contributed by atoms with Gasteiger partial charge in [0, 0.05) is 21.5 Å². The number of hydrogen-bond donors (Lipinski definition) is 0. The third-order valence-corrected chi connectivity index (χ3v) is 18.0. The zero-order chi connectivity index (χ0) is 55.0. The summed E-state index contributed by atoms with van der Waals surface area (Å²) in [6, 6.07) is 107. The van der Waals surface area contributed by atoms with E-state index in [-0.39, 0.29) is 0 Å². The second-order valence-corrected chi connectivity index (χ2v) is 22.5. The van der Waals surface area contributed by atoms with E-state index in [1.807, 2.05) is 12.1 Å². The number of fused-ring (bicyclic) bond motifs is 14. The Labute approximate surface area is 483 Å². The number of para-hydroxylation sites is 2. The molecule has 0 aliphatic carbocycles. The first-order valence-electron chi connectivity index (χ1n) is 29.0. The van der Waals surface area contributed by atoms with Crippen LogP contribution in [0.15, 0.2) is 300 Å². The molecule has 0 amide bonds. The fraction of sp³-hybridized carbons (Fsp3) is 0. The third-order valence-electron chi connectivity index (χ3n) is 18.0. The third kappa shape index (κ3) is 7.04. The van der Waals surface area contributed by atoms with Crippen molar-refractivity contribution in [1.29, 1.82) is 0 Å². The van der Waals surface area contributed by atoms with Crippen LogP contribution in [0.4, 0.5) is 0 Å². The first kappa shape index (κ1) is 46.7. The summed E-state index contributed by atoms with van der Waals surface area (Å²) in [6.07, 6.45) is 0. The summed E-state index contributed by atoms with van der Waals surface area (Å²) in [5, 5.41) is 21.4. The fourth-order valence-electron chi connectivity index (χ4n) is 14.3. The van der Waals surface area contributed by atoms with Crippen LogP contribution >= 0.6 is 0 Å². The molecule has 0 spiro atoms. The molecular formula is C82H48O2. The molecule has 0 aliphatic rings. The van der Waals surface area contributed by atoms with Gasteiger partial charge >= 0.3 is 0 Å². The molecule has 0 bridgehead atoms. The van der Waals surface area contributed by atoms with Gasteiger partial charge in [0.1, 0.15) is 22.3 Å². The highest BCUT2D eigenvalue weighted by molar-refractivity contribution is 6.27. The Hall–Kier alpha value is -11.1. The smallest absolute Gasteiger partial charge is 0.136 e. The predicted octanol–water partition coefficient (Wildman–Crippen LogP) is 23.6. The van der Waals surface area contributed by atoms with Crippen molar-refractivity contribution in [3.05, 3.63) is 291 Å². The topological polar surface area (TPSA) is 26.3 Å². The maximum Gasteiger partial charge on any atom is 0.136 e. The molecule has 2 heteroatoms. The molecular weight excluding hydrogens is 1020 g/mol. The minimum absolute atomic E-state index is 0.875. The monoisotopic (exact) mass is 1060 g/mol. The maximum absolute atomic E-state index is 6.65. The van der Waals surface area contributed by atoms with Gasteiger partial charge in [0.2, 0.25) is 0 Å². The Balaban J connectivity index is 0.909. The molecule has 18 rings (SSSR count). The Bertz CT molecular complexity index is 5790. The highest BCUT2D eigenvalue weighted by atomic mass is 16.3.